The number of carbonyl (C=O) groups excluding carboxylic acids is 1. The molecule has 4 nitrogen and oxygen atoms in total. The van der Waals surface area contributed by atoms with E-state index >= 15 is 0 Å². The fourth-order valence-electron chi connectivity index (χ4n) is 2.51. The molecule has 1 aliphatic carbocycles. The second-order valence-electron chi connectivity index (χ2n) is 6.28. The third kappa shape index (κ3) is 4.01. The predicted octanol–water partition coefficient (Wildman–Crippen LogP) is 4.46. The molecule has 2 N–H and O–H groups in total. The average molecular weight is 306 g/mol. The van der Waals surface area contributed by atoms with Crippen LogP contribution in [0, 0.1) is 0 Å². The molecule has 1 aromatic rings. The summed E-state index contributed by atoms with van der Waals surface area (Å²) in [6, 6.07) is 1.48. The minimum Gasteiger partial charge on any atom is -0.480 e. The summed E-state index contributed by atoms with van der Waals surface area (Å²) in [5.74, 6) is -0.331. The summed E-state index contributed by atoms with van der Waals surface area (Å²) >= 11 is 0. The first-order valence-corrected chi connectivity index (χ1v) is 8.25. The van der Waals surface area contributed by atoms with E-state index in [1.807, 2.05) is 6.08 Å². The van der Waals surface area contributed by atoms with E-state index in [4.69, 9.17) is 4.42 Å². The molecule has 2 rings (SSSR count). The van der Waals surface area contributed by atoms with Crippen LogP contribution < -0.4 is 0 Å². The lowest BCUT2D eigenvalue weighted by Gasteiger charge is -2.00. The highest BCUT2D eigenvalue weighted by atomic mass is 16.5. The van der Waals surface area contributed by atoms with Crippen molar-refractivity contribution in [3.63, 3.8) is 0 Å². The van der Waals surface area contributed by atoms with Crippen LogP contribution in [0.15, 0.2) is 22.1 Å². The monoisotopic (exact) mass is 306 g/mol. The Hall–Kier alpha value is -1.55. The Bertz CT molecular complexity index is 549. The van der Waals surface area contributed by atoms with Gasteiger partial charge in [0.15, 0.2) is 5.78 Å². The molecule has 1 aromatic heterocycles. The molecule has 0 aromatic carbocycles. The van der Waals surface area contributed by atoms with Crippen molar-refractivity contribution in [2.75, 3.05) is 0 Å². The van der Waals surface area contributed by atoms with Crippen molar-refractivity contribution in [3.8, 4) is 5.95 Å². The molecule has 1 fully saturated rings. The van der Waals surface area contributed by atoms with Gasteiger partial charge in [0.1, 0.15) is 16.9 Å². The number of carbonyl (C=O) groups is 1. The Morgan fingerprint density at radius 3 is 2.64 bits per heavy atom. The number of ketones is 1. The molecule has 0 radical (unpaired) electrons. The van der Waals surface area contributed by atoms with Gasteiger partial charge in [-0.15, -0.1) is 0 Å². The van der Waals surface area contributed by atoms with Gasteiger partial charge >= 0.3 is 0 Å². The van der Waals surface area contributed by atoms with Crippen molar-refractivity contribution in [3.05, 3.63) is 29.0 Å². The van der Waals surface area contributed by atoms with E-state index in [0.717, 1.165) is 12.8 Å². The van der Waals surface area contributed by atoms with Crippen LogP contribution in [0.25, 0.3) is 0 Å². The van der Waals surface area contributed by atoms with Crippen molar-refractivity contribution < 1.29 is 19.4 Å². The van der Waals surface area contributed by atoms with Crippen molar-refractivity contribution in [1.82, 2.24) is 0 Å². The number of aliphatic hydroxyl groups is 1. The maximum Gasteiger partial charge on any atom is 0.293 e. The normalized spacial score (nSPS) is 16.8. The molecular formula is C18H26O4. The molecule has 4 heteroatoms. The third-order valence-corrected chi connectivity index (χ3v) is 4.26. The number of rotatable bonds is 9. The number of aromatic hydroxyl groups is 1. The Morgan fingerprint density at radius 1 is 1.32 bits per heavy atom. The van der Waals surface area contributed by atoms with Crippen LogP contribution in [0.4, 0.5) is 0 Å². The summed E-state index contributed by atoms with van der Waals surface area (Å²) in [5.41, 5.74) is -0.219. The molecule has 0 spiro atoms. The minimum atomic E-state index is -0.979. The van der Waals surface area contributed by atoms with Crippen molar-refractivity contribution >= 4 is 5.78 Å². The van der Waals surface area contributed by atoms with Gasteiger partial charge in [-0.3, -0.25) is 4.79 Å². The van der Waals surface area contributed by atoms with Crippen LogP contribution in [-0.2, 0) is 5.60 Å². The molecule has 0 atom stereocenters. The zero-order valence-corrected chi connectivity index (χ0v) is 13.5. The van der Waals surface area contributed by atoms with E-state index in [9.17, 15) is 15.0 Å². The number of unbranched alkanes of at least 4 members (excludes halogenated alkanes) is 5. The van der Waals surface area contributed by atoms with Crippen LogP contribution in [0.2, 0.25) is 0 Å². The maximum atomic E-state index is 12.3. The standard InChI is InChI=1S/C18H26O4/c1-3-4-5-6-7-8-9-13(2)16(19)14-12-15(22-17(14)20)18(21)10-11-18/h9,12,20-21H,3-8,10-11H2,1-2H3. The van der Waals surface area contributed by atoms with E-state index < -0.39 is 11.5 Å². The van der Waals surface area contributed by atoms with Crippen molar-refractivity contribution in [1.29, 1.82) is 0 Å². The molecule has 0 saturated heterocycles. The first-order chi connectivity index (χ1) is 10.5. The molecule has 0 unspecified atom stereocenters. The van der Waals surface area contributed by atoms with E-state index in [0.29, 0.717) is 24.2 Å². The van der Waals surface area contributed by atoms with Gasteiger partial charge < -0.3 is 14.6 Å². The number of Topliss-reactive ketones (excluding diaryl/α,β-unsaturated/α-hetero) is 1. The summed E-state index contributed by atoms with van der Waals surface area (Å²) < 4.78 is 5.14. The Morgan fingerprint density at radius 2 is 2.00 bits per heavy atom. The number of furan rings is 1. The van der Waals surface area contributed by atoms with Gasteiger partial charge in [-0.1, -0.05) is 38.7 Å². The highest BCUT2D eigenvalue weighted by Crippen LogP contribution is 2.47. The summed E-state index contributed by atoms with van der Waals surface area (Å²) in [7, 11) is 0. The molecule has 0 bridgehead atoms. The van der Waals surface area contributed by atoms with Crippen LogP contribution >= 0.6 is 0 Å². The lowest BCUT2D eigenvalue weighted by molar-refractivity contribution is 0.102. The van der Waals surface area contributed by atoms with Gasteiger partial charge in [0.2, 0.25) is 0 Å². The van der Waals surface area contributed by atoms with Crippen molar-refractivity contribution in [2.24, 2.45) is 0 Å². The van der Waals surface area contributed by atoms with Crippen molar-refractivity contribution in [2.45, 2.75) is 70.8 Å². The molecule has 1 aliphatic rings. The Kier molecular flexibility index (Phi) is 5.46. The largest absolute Gasteiger partial charge is 0.480 e. The van der Waals surface area contributed by atoms with Crippen LogP contribution in [0.5, 0.6) is 5.95 Å². The van der Waals surface area contributed by atoms with Crippen LogP contribution in [0.1, 0.15) is 81.3 Å². The number of hydrogen-bond acceptors (Lipinski definition) is 4. The minimum absolute atomic E-state index is 0.148. The number of allylic oxidation sites excluding steroid dienone is 2. The van der Waals surface area contributed by atoms with E-state index in [1.54, 1.807) is 6.92 Å². The summed E-state index contributed by atoms with van der Waals surface area (Å²) in [6.45, 7) is 3.94. The summed E-state index contributed by atoms with van der Waals surface area (Å²) in [6.07, 6.45) is 10.00. The maximum absolute atomic E-state index is 12.3. The zero-order chi connectivity index (χ0) is 16.2. The van der Waals surface area contributed by atoms with Gasteiger partial charge in [0, 0.05) is 0 Å². The second kappa shape index (κ2) is 7.14. The lowest BCUT2D eigenvalue weighted by atomic mass is 10.0. The van der Waals surface area contributed by atoms with Gasteiger partial charge in [0.25, 0.3) is 5.95 Å². The third-order valence-electron chi connectivity index (χ3n) is 4.26. The average Bonchev–Trinajstić information content (AvgIpc) is 3.12. The molecule has 22 heavy (non-hydrogen) atoms. The molecule has 0 aliphatic heterocycles. The van der Waals surface area contributed by atoms with Gasteiger partial charge in [-0.25, -0.2) is 0 Å². The fraction of sp³-hybridized carbons (Fsp3) is 0.611. The quantitative estimate of drug-likeness (QED) is 0.401. The van der Waals surface area contributed by atoms with Gasteiger partial charge in [-0.05, 0) is 44.2 Å². The Balaban J connectivity index is 1.91. The van der Waals surface area contributed by atoms with E-state index in [1.165, 1.54) is 31.7 Å². The molecular weight excluding hydrogens is 280 g/mol. The van der Waals surface area contributed by atoms with Gasteiger partial charge in [-0.2, -0.15) is 0 Å². The predicted molar refractivity (Wildman–Crippen MR) is 85.0 cm³/mol. The molecule has 1 saturated carbocycles. The van der Waals surface area contributed by atoms with Crippen LogP contribution in [-0.4, -0.2) is 16.0 Å². The zero-order valence-electron chi connectivity index (χ0n) is 13.5. The smallest absolute Gasteiger partial charge is 0.293 e. The Labute approximate surface area is 131 Å². The number of hydrogen-bond donors (Lipinski definition) is 2. The SMILES string of the molecule is CCCCCCCC=C(C)C(=O)c1cc(C2(O)CC2)oc1O. The first-order valence-electron chi connectivity index (χ1n) is 8.25. The summed E-state index contributed by atoms with van der Waals surface area (Å²) in [4.78, 5) is 12.3. The summed E-state index contributed by atoms with van der Waals surface area (Å²) in [5, 5.41) is 19.8. The molecule has 0 amide bonds. The lowest BCUT2D eigenvalue weighted by Crippen LogP contribution is -2.03. The van der Waals surface area contributed by atoms with Gasteiger partial charge in [0.05, 0.1) is 0 Å². The molecule has 1 heterocycles. The first kappa shape index (κ1) is 16.8. The van der Waals surface area contributed by atoms with E-state index in [2.05, 4.69) is 6.92 Å². The van der Waals surface area contributed by atoms with E-state index in [-0.39, 0.29) is 11.3 Å². The topological polar surface area (TPSA) is 70.7 Å². The second-order valence-corrected chi connectivity index (χ2v) is 6.28. The highest BCUT2D eigenvalue weighted by molar-refractivity contribution is 6.09. The highest BCUT2D eigenvalue weighted by Gasteiger charge is 2.46. The van der Waals surface area contributed by atoms with Crippen LogP contribution in [0.3, 0.4) is 0 Å². The fourth-order valence-corrected chi connectivity index (χ4v) is 2.51. The molecule has 122 valence electrons.